The fraction of sp³-hybridized carbons (Fsp3) is 0.143. The van der Waals surface area contributed by atoms with Crippen LogP contribution in [0, 0.1) is 0 Å². The molecule has 0 nitrogen and oxygen atoms in total. The molecule has 0 aliphatic rings. The maximum absolute atomic E-state index is 6.42. The molecule has 0 fully saturated rings. The van der Waals surface area contributed by atoms with Gasteiger partial charge in [-0.3, -0.25) is 0 Å². The van der Waals surface area contributed by atoms with Crippen molar-refractivity contribution in [2.45, 2.75) is 12.4 Å². The van der Waals surface area contributed by atoms with Gasteiger partial charge in [-0.05, 0) is 0 Å². The molecular formula is C21H18BiCl3. The molecule has 0 saturated carbocycles. The third-order valence-electron chi connectivity index (χ3n) is 4.06. The first-order valence-corrected chi connectivity index (χ1v) is 16.6. The second-order valence-corrected chi connectivity index (χ2v) is 16.0. The Morgan fingerprint density at radius 1 is 0.480 bits per heavy atom. The van der Waals surface area contributed by atoms with Crippen LogP contribution >= 0.6 is 34.8 Å². The van der Waals surface area contributed by atoms with Crippen LogP contribution in [0.5, 0.6) is 0 Å². The van der Waals surface area contributed by atoms with Crippen LogP contribution in [-0.4, -0.2) is 21.8 Å². The summed E-state index contributed by atoms with van der Waals surface area (Å²) in [6.45, 7) is 0. The van der Waals surface area contributed by atoms with Gasteiger partial charge in [0.1, 0.15) is 0 Å². The van der Waals surface area contributed by atoms with Gasteiger partial charge in [0, 0.05) is 0 Å². The molecule has 0 saturated heterocycles. The van der Waals surface area contributed by atoms with Crippen molar-refractivity contribution in [3.63, 3.8) is 0 Å². The number of hydrogen-bond donors (Lipinski definition) is 0. The third-order valence-corrected chi connectivity index (χ3v) is 14.4. The second kappa shape index (κ2) is 9.38. The monoisotopic (exact) mass is 584 g/mol. The Balaban J connectivity index is 1.86. The molecule has 25 heavy (non-hydrogen) atoms. The molecule has 3 aromatic carbocycles. The molecule has 0 aliphatic heterocycles. The molecule has 0 atom stereocenters. The van der Waals surface area contributed by atoms with Crippen molar-refractivity contribution in [1.82, 2.24) is 0 Å². The summed E-state index contributed by atoms with van der Waals surface area (Å²) in [5, 5.41) is 2.59. The molecule has 128 valence electrons. The van der Waals surface area contributed by atoms with E-state index in [4.69, 9.17) is 34.8 Å². The molecule has 0 N–H and O–H groups in total. The molecule has 4 heteroatoms. The Bertz CT molecular complexity index is 735. The fourth-order valence-electron chi connectivity index (χ4n) is 2.77. The normalized spacial score (nSPS) is 11.0. The van der Waals surface area contributed by atoms with Crippen molar-refractivity contribution in [3.05, 3.63) is 105 Å². The summed E-state index contributed by atoms with van der Waals surface area (Å²) in [5.41, 5.74) is 3.75. The van der Waals surface area contributed by atoms with Gasteiger partial charge >= 0.3 is 173 Å². The van der Waals surface area contributed by atoms with Gasteiger partial charge < -0.3 is 0 Å². The number of benzene rings is 3. The Labute approximate surface area is 172 Å². The zero-order chi connectivity index (χ0) is 17.6. The minimum atomic E-state index is -2.00. The third kappa shape index (κ3) is 5.44. The van der Waals surface area contributed by atoms with Crippen molar-refractivity contribution >= 4 is 56.6 Å². The molecule has 3 aromatic rings. The van der Waals surface area contributed by atoms with Crippen LogP contribution in [0.25, 0.3) is 0 Å². The molecule has 3 rings (SSSR count). The van der Waals surface area contributed by atoms with E-state index in [1.165, 1.54) is 16.7 Å². The Kier molecular flexibility index (Phi) is 7.20. The van der Waals surface area contributed by atoms with Crippen LogP contribution in [0.3, 0.4) is 0 Å². The van der Waals surface area contributed by atoms with Crippen LogP contribution in [0.1, 0.15) is 16.7 Å². The number of rotatable bonds is 6. The Hall–Kier alpha value is -0.587. The van der Waals surface area contributed by atoms with E-state index in [1.807, 2.05) is 36.4 Å². The van der Waals surface area contributed by atoms with E-state index in [1.54, 1.807) is 0 Å². The fourth-order valence-corrected chi connectivity index (χ4v) is 14.7. The van der Waals surface area contributed by atoms with Crippen molar-refractivity contribution in [2.75, 3.05) is 0 Å². The van der Waals surface area contributed by atoms with E-state index in [9.17, 15) is 0 Å². The van der Waals surface area contributed by atoms with Crippen LogP contribution < -0.4 is 0 Å². The SMILES string of the molecule is Clc1ccccc1[CH2][Bi]([CH2]c1ccccc1Cl)[CH2]c1ccccc1Cl. The van der Waals surface area contributed by atoms with Gasteiger partial charge in [0.05, 0.1) is 0 Å². The minimum absolute atomic E-state index is 0.862. The van der Waals surface area contributed by atoms with E-state index in [0.29, 0.717) is 0 Å². The molecule has 0 amide bonds. The summed E-state index contributed by atoms with van der Waals surface area (Å²) >= 11 is 17.2. The van der Waals surface area contributed by atoms with E-state index in [0.717, 1.165) is 27.5 Å². The van der Waals surface area contributed by atoms with Gasteiger partial charge in [-0.25, -0.2) is 0 Å². The first-order chi connectivity index (χ1) is 12.1. The standard InChI is InChI=1S/3C7H6Cl.Bi/c3*1-6-4-2-3-5-7(6)8;/h3*2-5H,1H2;. The van der Waals surface area contributed by atoms with Crippen LogP contribution in [0.4, 0.5) is 0 Å². The predicted molar refractivity (Wildman–Crippen MR) is 111 cm³/mol. The van der Waals surface area contributed by atoms with Crippen molar-refractivity contribution in [3.8, 4) is 0 Å². The summed E-state index contributed by atoms with van der Waals surface area (Å²) in [6.07, 6.45) is 0. The topological polar surface area (TPSA) is 0 Å². The van der Waals surface area contributed by atoms with Crippen molar-refractivity contribution in [1.29, 1.82) is 0 Å². The van der Waals surface area contributed by atoms with Gasteiger partial charge in [0.15, 0.2) is 0 Å². The Morgan fingerprint density at radius 3 is 1.04 bits per heavy atom. The maximum atomic E-state index is 6.42. The molecule has 0 aromatic heterocycles. The zero-order valence-electron chi connectivity index (χ0n) is 13.6. The van der Waals surface area contributed by atoms with E-state index in [2.05, 4.69) is 36.4 Å². The zero-order valence-corrected chi connectivity index (χ0v) is 19.4. The van der Waals surface area contributed by atoms with Gasteiger partial charge in [0.2, 0.25) is 0 Å². The second-order valence-electron chi connectivity index (χ2n) is 5.92. The predicted octanol–water partition coefficient (Wildman–Crippen LogP) is 6.79. The van der Waals surface area contributed by atoms with Gasteiger partial charge in [-0.15, -0.1) is 0 Å². The quantitative estimate of drug-likeness (QED) is 0.280. The first kappa shape index (κ1) is 19.2. The number of halogens is 3. The first-order valence-electron chi connectivity index (χ1n) is 8.06. The summed E-state index contributed by atoms with van der Waals surface area (Å²) in [7, 11) is 0. The molecule has 0 spiro atoms. The van der Waals surface area contributed by atoms with Crippen molar-refractivity contribution in [2.24, 2.45) is 0 Å². The average molecular weight is 586 g/mol. The van der Waals surface area contributed by atoms with E-state index < -0.39 is 21.8 Å². The molecule has 0 aliphatic carbocycles. The summed E-state index contributed by atoms with van der Waals surface area (Å²) in [5.74, 6) is 0. The molecule has 0 heterocycles. The van der Waals surface area contributed by atoms with E-state index in [-0.39, 0.29) is 0 Å². The average Bonchev–Trinajstić information content (AvgIpc) is 2.61. The van der Waals surface area contributed by atoms with E-state index >= 15 is 0 Å². The summed E-state index contributed by atoms with van der Waals surface area (Å²) < 4.78 is 3.27. The van der Waals surface area contributed by atoms with Gasteiger partial charge in [0.25, 0.3) is 0 Å². The van der Waals surface area contributed by atoms with Crippen LogP contribution in [-0.2, 0) is 12.4 Å². The molecular weight excluding hydrogens is 568 g/mol. The van der Waals surface area contributed by atoms with Crippen molar-refractivity contribution < 1.29 is 0 Å². The van der Waals surface area contributed by atoms with Crippen LogP contribution in [0.2, 0.25) is 15.1 Å². The van der Waals surface area contributed by atoms with Crippen LogP contribution in [0.15, 0.2) is 72.8 Å². The summed E-state index contributed by atoms with van der Waals surface area (Å²) in [4.78, 5) is 0. The Morgan fingerprint density at radius 2 is 0.760 bits per heavy atom. The number of hydrogen-bond acceptors (Lipinski definition) is 0. The molecule has 0 radical (unpaired) electrons. The van der Waals surface area contributed by atoms with Gasteiger partial charge in [-0.2, -0.15) is 0 Å². The molecule has 0 bridgehead atoms. The van der Waals surface area contributed by atoms with Gasteiger partial charge in [-0.1, -0.05) is 0 Å². The summed E-state index contributed by atoms with van der Waals surface area (Å²) in [6, 6.07) is 24.5. The molecule has 0 unspecified atom stereocenters.